The lowest BCUT2D eigenvalue weighted by Crippen LogP contribution is -2.48. The summed E-state index contributed by atoms with van der Waals surface area (Å²) in [5.41, 5.74) is 5.82. The second kappa shape index (κ2) is 2.98. The van der Waals surface area contributed by atoms with Crippen molar-refractivity contribution in [1.29, 1.82) is 0 Å². The predicted octanol–water partition coefficient (Wildman–Crippen LogP) is 0.782. The third kappa shape index (κ3) is 1.70. The Labute approximate surface area is 79.1 Å². The van der Waals surface area contributed by atoms with E-state index in [2.05, 4.69) is 12.2 Å². The van der Waals surface area contributed by atoms with Crippen molar-refractivity contribution in [1.82, 2.24) is 5.32 Å². The van der Waals surface area contributed by atoms with Crippen LogP contribution in [0.1, 0.15) is 39.0 Å². The minimum Gasteiger partial charge on any atom is -0.350 e. The highest BCUT2D eigenvalue weighted by Gasteiger charge is 2.44. The molecule has 2 aliphatic rings. The van der Waals surface area contributed by atoms with Gasteiger partial charge >= 0.3 is 0 Å². The molecule has 3 nitrogen and oxygen atoms in total. The summed E-state index contributed by atoms with van der Waals surface area (Å²) < 4.78 is 0. The van der Waals surface area contributed by atoms with Gasteiger partial charge in [-0.05, 0) is 32.1 Å². The van der Waals surface area contributed by atoms with Gasteiger partial charge in [0.25, 0.3) is 0 Å². The van der Waals surface area contributed by atoms with E-state index in [-0.39, 0.29) is 23.4 Å². The maximum atomic E-state index is 11.6. The Bertz CT molecular complexity index is 217. The number of nitrogens with one attached hydrogen (secondary N) is 1. The van der Waals surface area contributed by atoms with E-state index in [1.807, 2.05) is 0 Å². The van der Waals surface area contributed by atoms with Crippen LogP contribution in [-0.4, -0.2) is 17.5 Å². The summed E-state index contributed by atoms with van der Waals surface area (Å²) in [4.78, 5) is 11.6. The Balaban J connectivity index is 1.79. The third-order valence-corrected chi connectivity index (χ3v) is 3.46. The molecule has 0 spiro atoms. The molecule has 2 aliphatic carbocycles. The lowest BCUT2D eigenvalue weighted by molar-refractivity contribution is -0.128. The van der Waals surface area contributed by atoms with E-state index >= 15 is 0 Å². The SMILES string of the molecule is CCC1(NC(=O)C2CC(N)C2)CC1. The first-order chi connectivity index (χ1) is 6.15. The molecule has 1 amide bonds. The van der Waals surface area contributed by atoms with Gasteiger partial charge in [-0.2, -0.15) is 0 Å². The lowest BCUT2D eigenvalue weighted by atomic mass is 9.80. The summed E-state index contributed by atoms with van der Waals surface area (Å²) in [5.74, 6) is 0.445. The highest BCUT2D eigenvalue weighted by Crippen LogP contribution is 2.39. The van der Waals surface area contributed by atoms with E-state index in [1.165, 1.54) is 0 Å². The minimum absolute atomic E-state index is 0.177. The van der Waals surface area contributed by atoms with Crippen molar-refractivity contribution < 1.29 is 4.79 Å². The zero-order valence-corrected chi connectivity index (χ0v) is 8.18. The van der Waals surface area contributed by atoms with Crippen LogP contribution < -0.4 is 11.1 Å². The Hall–Kier alpha value is -0.570. The van der Waals surface area contributed by atoms with Crippen LogP contribution in [0.4, 0.5) is 0 Å². The Morgan fingerprint density at radius 3 is 2.54 bits per heavy atom. The molecule has 3 N–H and O–H groups in total. The fourth-order valence-corrected chi connectivity index (χ4v) is 1.96. The molecule has 2 fully saturated rings. The summed E-state index contributed by atoms with van der Waals surface area (Å²) in [6.45, 7) is 2.14. The van der Waals surface area contributed by atoms with Crippen LogP contribution in [0.25, 0.3) is 0 Å². The van der Waals surface area contributed by atoms with Crippen molar-refractivity contribution in [3.8, 4) is 0 Å². The predicted molar refractivity (Wildman–Crippen MR) is 51.1 cm³/mol. The molecule has 0 atom stereocenters. The molecule has 0 unspecified atom stereocenters. The molecule has 2 saturated carbocycles. The first-order valence-electron chi connectivity index (χ1n) is 5.23. The van der Waals surface area contributed by atoms with Gasteiger partial charge in [0.1, 0.15) is 0 Å². The third-order valence-electron chi connectivity index (χ3n) is 3.46. The molecular weight excluding hydrogens is 164 g/mol. The van der Waals surface area contributed by atoms with Crippen LogP contribution in [0, 0.1) is 5.92 Å². The van der Waals surface area contributed by atoms with Crippen molar-refractivity contribution in [2.45, 2.75) is 50.6 Å². The number of carbonyl (C=O) groups is 1. The molecule has 2 rings (SSSR count). The normalized spacial score (nSPS) is 34.9. The van der Waals surface area contributed by atoms with Gasteiger partial charge in [0.15, 0.2) is 0 Å². The van der Waals surface area contributed by atoms with Crippen LogP contribution in [0.5, 0.6) is 0 Å². The average Bonchev–Trinajstić information content (AvgIpc) is 2.80. The van der Waals surface area contributed by atoms with Crippen molar-refractivity contribution in [2.24, 2.45) is 11.7 Å². The van der Waals surface area contributed by atoms with Gasteiger partial charge in [-0.3, -0.25) is 4.79 Å². The van der Waals surface area contributed by atoms with E-state index in [9.17, 15) is 4.79 Å². The van der Waals surface area contributed by atoms with Crippen molar-refractivity contribution in [3.63, 3.8) is 0 Å². The molecule has 13 heavy (non-hydrogen) atoms. The minimum atomic E-state index is 0.177. The first-order valence-corrected chi connectivity index (χ1v) is 5.23. The molecule has 0 bridgehead atoms. The van der Waals surface area contributed by atoms with Gasteiger partial charge in [-0.15, -0.1) is 0 Å². The van der Waals surface area contributed by atoms with Crippen LogP contribution in [-0.2, 0) is 4.79 Å². The van der Waals surface area contributed by atoms with Crippen molar-refractivity contribution in [3.05, 3.63) is 0 Å². The standard InChI is InChI=1S/C10H18N2O/c1-2-10(3-4-10)12-9(13)7-5-8(11)6-7/h7-8H,2-6,11H2,1H3,(H,12,13). The Kier molecular flexibility index (Phi) is 2.06. The molecule has 3 heteroatoms. The van der Waals surface area contributed by atoms with Gasteiger partial charge in [0, 0.05) is 17.5 Å². The fraction of sp³-hybridized carbons (Fsp3) is 0.900. The Morgan fingerprint density at radius 2 is 2.15 bits per heavy atom. The van der Waals surface area contributed by atoms with Crippen LogP contribution in [0.15, 0.2) is 0 Å². The number of rotatable bonds is 3. The number of amides is 1. The number of hydrogen-bond acceptors (Lipinski definition) is 2. The second-order valence-electron chi connectivity index (χ2n) is 4.55. The van der Waals surface area contributed by atoms with Gasteiger partial charge in [-0.25, -0.2) is 0 Å². The monoisotopic (exact) mass is 182 g/mol. The fourth-order valence-electron chi connectivity index (χ4n) is 1.96. The second-order valence-corrected chi connectivity index (χ2v) is 4.55. The molecule has 0 aromatic heterocycles. The van der Waals surface area contributed by atoms with E-state index in [0.29, 0.717) is 0 Å². The van der Waals surface area contributed by atoms with Gasteiger partial charge in [-0.1, -0.05) is 6.92 Å². The van der Waals surface area contributed by atoms with Crippen molar-refractivity contribution >= 4 is 5.91 Å². The molecule has 0 aliphatic heterocycles. The maximum absolute atomic E-state index is 11.6. The van der Waals surface area contributed by atoms with Crippen molar-refractivity contribution in [2.75, 3.05) is 0 Å². The van der Waals surface area contributed by atoms with Crippen LogP contribution >= 0.6 is 0 Å². The quantitative estimate of drug-likeness (QED) is 0.677. The maximum Gasteiger partial charge on any atom is 0.223 e. The van der Waals surface area contributed by atoms with E-state index in [0.717, 1.165) is 32.1 Å². The summed E-state index contributed by atoms with van der Waals surface area (Å²) in [6, 6.07) is 0.271. The van der Waals surface area contributed by atoms with E-state index < -0.39 is 0 Å². The topological polar surface area (TPSA) is 55.1 Å². The number of hydrogen-bond donors (Lipinski definition) is 2. The van der Waals surface area contributed by atoms with Crippen LogP contribution in [0.3, 0.4) is 0 Å². The van der Waals surface area contributed by atoms with Gasteiger partial charge in [0.2, 0.25) is 5.91 Å². The summed E-state index contributed by atoms with van der Waals surface area (Å²) in [6.07, 6.45) is 5.15. The molecule has 0 radical (unpaired) electrons. The number of carbonyl (C=O) groups excluding carboxylic acids is 1. The molecule has 0 saturated heterocycles. The van der Waals surface area contributed by atoms with E-state index in [4.69, 9.17) is 5.73 Å². The molecular formula is C10H18N2O. The van der Waals surface area contributed by atoms with Gasteiger partial charge < -0.3 is 11.1 Å². The van der Waals surface area contributed by atoms with Gasteiger partial charge in [0.05, 0.1) is 0 Å². The average molecular weight is 182 g/mol. The first kappa shape index (κ1) is 9.00. The molecule has 0 heterocycles. The highest BCUT2D eigenvalue weighted by atomic mass is 16.2. The Morgan fingerprint density at radius 1 is 1.54 bits per heavy atom. The molecule has 0 aromatic rings. The highest BCUT2D eigenvalue weighted by molar-refractivity contribution is 5.80. The lowest BCUT2D eigenvalue weighted by Gasteiger charge is -2.32. The summed E-state index contributed by atoms with van der Waals surface area (Å²) >= 11 is 0. The molecule has 0 aromatic carbocycles. The van der Waals surface area contributed by atoms with Crippen LogP contribution in [0.2, 0.25) is 0 Å². The zero-order valence-electron chi connectivity index (χ0n) is 8.18. The smallest absolute Gasteiger partial charge is 0.223 e. The van der Waals surface area contributed by atoms with E-state index in [1.54, 1.807) is 0 Å². The summed E-state index contributed by atoms with van der Waals surface area (Å²) in [7, 11) is 0. The summed E-state index contributed by atoms with van der Waals surface area (Å²) in [5, 5.41) is 3.15. The number of nitrogens with two attached hydrogens (primary N) is 1. The molecule has 74 valence electrons. The largest absolute Gasteiger partial charge is 0.350 e. The zero-order chi connectivity index (χ0) is 9.47.